The lowest BCUT2D eigenvalue weighted by molar-refractivity contribution is 0.138. The maximum Gasteiger partial charge on any atom is 0.240 e. The van der Waals surface area contributed by atoms with Crippen LogP contribution in [0, 0.1) is 0 Å². The van der Waals surface area contributed by atoms with Crippen molar-refractivity contribution < 1.29 is 13.5 Å². The second-order valence-corrected chi connectivity index (χ2v) is 7.80. The van der Waals surface area contributed by atoms with Crippen LogP contribution in [0.5, 0.6) is 0 Å². The molecule has 134 valence electrons. The van der Waals surface area contributed by atoms with Crippen LogP contribution in [0.4, 0.5) is 0 Å². The Morgan fingerprint density at radius 3 is 1.85 bits per heavy atom. The van der Waals surface area contributed by atoms with Crippen molar-refractivity contribution in [1.29, 1.82) is 0 Å². The van der Waals surface area contributed by atoms with Crippen LogP contribution in [0.2, 0.25) is 0 Å². The summed E-state index contributed by atoms with van der Waals surface area (Å²) in [5, 5.41) is 10.8. The predicted octanol–water partition coefficient (Wildman–Crippen LogP) is 3.31. The molecule has 26 heavy (non-hydrogen) atoms. The number of sulfonamides is 1. The highest BCUT2D eigenvalue weighted by atomic mass is 32.2. The van der Waals surface area contributed by atoms with E-state index in [1.165, 1.54) is 12.1 Å². The summed E-state index contributed by atoms with van der Waals surface area (Å²) in [5.41, 5.74) is 1.62. The molecule has 0 fully saturated rings. The minimum absolute atomic E-state index is 0.179. The Morgan fingerprint density at radius 2 is 1.27 bits per heavy atom. The maximum absolute atomic E-state index is 12.7. The molecule has 0 aliphatic heterocycles. The first-order valence-corrected chi connectivity index (χ1v) is 9.89. The molecule has 3 rings (SSSR count). The normalized spacial score (nSPS) is 13.9. The first kappa shape index (κ1) is 18.3. The van der Waals surface area contributed by atoms with E-state index in [1.54, 1.807) is 30.3 Å². The highest BCUT2D eigenvalue weighted by molar-refractivity contribution is 7.89. The molecule has 0 radical (unpaired) electrons. The molecule has 0 spiro atoms. The zero-order valence-electron chi connectivity index (χ0n) is 14.2. The first-order chi connectivity index (χ1) is 12.6. The fraction of sp³-hybridized carbons (Fsp3) is 0.143. The molecule has 0 heterocycles. The number of hydrogen-bond donors (Lipinski definition) is 2. The predicted molar refractivity (Wildman–Crippen MR) is 102 cm³/mol. The van der Waals surface area contributed by atoms with Crippen LogP contribution in [0.3, 0.4) is 0 Å². The van der Waals surface area contributed by atoms with Crippen LogP contribution in [0.1, 0.15) is 17.2 Å². The summed E-state index contributed by atoms with van der Waals surface area (Å²) in [4.78, 5) is 0.179. The Morgan fingerprint density at radius 1 is 0.769 bits per heavy atom. The van der Waals surface area contributed by atoms with E-state index in [2.05, 4.69) is 4.72 Å². The second-order valence-electron chi connectivity index (χ2n) is 6.09. The lowest BCUT2D eigenvalue weighted by Crippen LogP contribution is -2.40. The molecule has 4 nitrogen and oxygen atoms in total. The number of aliphatic hydroxyl groups is 1. The summed E-state index contributed by atoms with van der Waals surface area (Å²) in [6.45, 7) is 0. The van der Waals surface area contributed by atoms with Crippen LogP contribution in [-0.4, -0.2) is 19.6 Å². The summed E-state index contributed by atoms with van der Waals surface area (Å²) in [6.07, 6.45) is -0.585. The van der Waals surface area contributed by atoms with E-state index in [9.17, 15) is 13.5 Å². The van der Waals surface area contributed by atoms with E-state index in [-0.39, 0.29) is 4.90 Å². The zero-order chi connectivity index (χ0) is 18.4. The Hall–Kier alpha value is -2.47. The highest BCUT2D eigenvalue weighted by Gasteiger charge is 2.27. The number of aliphatic hydroxyl groups excluding tert-OH is 1. The number of hydrogen-bond acceptors (Lipinski definition) is 3. The molecule has 0 saturated carbocycles. The van der Waals surface area contributed by atoms with E-state index < -0.39 is 22.2 Å². The third-order valence-electron chi connectivity index (χ3n) is 4.18. The van der Waals surface area contributed by atoms with Gasteiger partial charge in [-0.25, -0.2) is 13.1 Å². The van der Waals surface area contributed by atoms with Gasteiger partial charge in [0.1, 0.15) is 0 Å². The van der Waals surface area contributed by atoms with Gasteiger partial charge in [-0.15, -0.1) is 0 Å². The van der Waals surface area contributed by atoms with Crippen molar-refractivity contribution in [3.8, 4) is 0 Å². The SMILES string of the molecule is O=S(=O)(N[C@@H](Cc1ccccc1)[C@H](O)c1ccccc1)c1ccccc1. The van der Waals surface area contributed by atoms with Crippen molar-refractivity contribution in [2.24, 2.45) is 0 Å². The Balaban J connectivity index is 1.90. The highest BCUT2D eigenvalue weighted by Crippen LogP contribution is 2.22. The largest absolute Gasteiger partial charge is 0.387 e. The molecule has 3 aromatic rings. The van der Waals surface area contributed by atoms with Gasteiger partial charge in [0.15, 0.2) is 0 Å². The van der Waals surface area contributed by atoms with Gasteiger partial charge in [0.2, 0.25) is 10.0 Å². The van der Waals surface area contributed by atoms with Crippen molar-refractivity contribution in [3.05, 3.63) is 102 Å². The van der Waals surface area contributed by atoms with Gasteiger partial charge in [-0.2, -0.15) is 0 Å². The average Bonchev–Trinajstić information content (AvgIpc) is 2.69. The van der Waals surface area contributed by atoms with Crippen molar-refractivity contribution in [2.45, 2.75) is 23.5 Å². The van der Waals surface area contributed by atoms with Crippen molar-refractivity contribution in [3.63, 3.8) is 0 Å². The minimum Gasteiger partial charge on any atom is -0.387 e. The summed E-state index contributed by atoms with van der Waals surface area (Å²) < 4.78 is 28.2. The van der Waals surface area contributed by atoms with Crippen molar-refractivity contribution >= 4 is 10.0 Å². The molecule has 0 saturated heterocycles. The van der Waals surface area contributed by atoms with E-state index in [0.717, 1.165) is 5.56 Å². The van der Waals surface area contributed by atoms with Gasteiger partial charge in [0.05, 0.1) is 17.0 Å². The van der Waals surface area contributed by atoms with Crippen molar-refractivity contribution in [1.82, 2.24) is 4.72 Å². The summed E-state index contributed by atoms with van der Waals surface area (Å²) >= 11 is 0. The van der Waals surface area contributed by atoms with Gasteiger partial charge < -0.3 is 5.11 Å². The standard InChI is InChI=1S/C21H21NO3S/c23-21(18-12-6-2-7-13-18)20(16-17-10-4-1-5-11-17)22-26(24,25)19-14-8-3-9-15-19/h1-15,20-23H,16H2/t20-,21+/m0/s1. The number of nitrogens with one attached hydrogen (secondary N) is 1. The van der Waals surface area contributed by atoms with Crippen LogP contribution in [0.25, 0.3) is 0 Å². The average molecular weight is 367 g/mol. The fourth-order valence-electron chi connectivity index (χ4n) is 2.84. The molecular formula is C21H21NO3S. The van der Waals surface area contributed by atoms with Crippen molar-refractivity contribution in [2.75, 3.05) is 0 Å². The molecule has 0 aliphatic rings. The second kappa shape index (κ2) is 8.27. The van der Waals surface area contributed by atoms with Gasteiger partial charge in [0.25, 0.3) is 0 Å². The summed E-state index contributed by atoms with van der Waals surface area (Å²) in [6, 6.07) is 26.1. The maximum atomic E-state index is 12.7. The first-order valence-electron chi connectivity index (χ1n) is 8.40. The monoisotopic (exact) mass is 367 g/mol. The van der Waals surface area contributed by atoms with Crippen LogP contribution in [0.15, 0.2) is 95.9 Å². The van der Waals surface area contributed by atoms with E-state index in [1.807, 2.05) is 48.5 Å². The van der Waals surface area contributed by atoms with Gasteiger partial charge in [-0.1, -0.05) is 78.9 Å². The number of benzene rings is 3. The van der Waals surface area contributed by atoms with E-state index in [4.69, 9.17) is 0 Å². The molecule has 0 amide bonds. The van der Waals surface area contributed by atoms with Crippen LogP contribution >= 0.6 is 0 Å². The number of rotatable bonds is 7. The fourth-order valence-corrected chi connectivity index (χ4v) is 4.10. The van der Waals surface area contributed by atoms with E-state index in [0.29, 0.717) is 12.0 Å². The lowest BCUT2D eigenvalue weighted by Gasteiger charge is -2.24. The Kier molecular flexibility index (Phi) is 5.83. The molecule has 0 unspecified atom stereocenters. The van der Waals surface area contributed by atoms with Gasteiger partial charge in [-0.05, 0) is 29.7 Å². The molecule has 0 aliphatic carbocycles. The Bertz CT molecular complexity index is 913. The molecule has 2 N–H and O–H groups in total. The van der Waals surface area contributed by atoms with E-state index >= 15 is 0 Å². The lowest BCUT2D eigenvalue weighted by atomic mass is 9.97. The smallest absolute Gasteiger partial charge is 0.240 e. The quantitative estimate of drug-likeness (QED) is 0.673. The third kappa shape index (κ3) is 4.58. The topological polar surface area (TPSA) is 66.4 Å². The molecule has 3 aromatic carbocycles. The Labute approximate surface area is 154 Å². The molecule has 2 atom stereocenters. The molecule has 0 bridgehead atoms. The van der Waals surface area contributed by atoms with Gasteiger partial charge in [0, 0.05) is 0 Å². The van der Waals surface area contributed by atoms with Crippen LogP contribution in [-0.2, 0) is 16.4 Å². The van der Waals surface area contributed by atoms with Crippen LogP contribution < -0.4 is 4.72 Å². The zero-order valence-corrected chi connectivity index (χ0v) is 15.0. The molecular weight excluding hydrogens is 346 g/mol. The minimum atomic E-state index is -3.74. The third-order valence-corrected chi connectivity index (χ3v) is 5.69. The van der Waals surface area contributed by atoms with Gasteiger partial charge in [-0.3, -0.25) is 0 Å². The molecule has 0 aromatic heterocycles. The molecule has 5 heteroatoms. The summed E-state index contributed by atoms with van der Waals surface area (Å²) in [7, 11) is -3.74. The van der Waals surface area contributed by atoms with Gasteiger partial charge >= 0.3 is 0 Å². The summed E-state index contributed by atoms with van der Waals surface area (Å²) in [5.74, 6) is 0.